The average Bonchev–Trinajstić information content (AvgIpc) is 2.61. The zero-order valence-electron chi connectivity index (χ0n) is 13.9. The van der Waals surface area contributed by atoms with Gasteiger partial charge in [-0.25, -0.2) is 4.79 Å². The van der Waals surface area contributed by atoms with Gasteiger partial charge in [0.15, 0.2) is 0 Å². The number of likely N-dealkylation sites (N-methyl/N-ethyl adjacent to an activating group) is 1. The standard InChI is InChI=1S/C14H23F3N4O2/c1-8(22)6-20(5)13(23)18-9(2)12-10(3)19-21(11(12)4)7-14(15,16)17/h8-9,22H,6-7H2,1-5H3,(H,18,23)/t8-,9+/m0/s1. The van der Waals surface area contributed by atoms with Crippen molar-refractivity contribution in [1.29, 1.82) is 0 Å². The van der Waals surface area contributed by atoms with Gasteiger partial charge in [0.05, 0.1) is 17.8 Å². The number of amides is 2. The highest BCUT2D eigenvalue weighted by atomic mass is 19.4. The van der Waals surface area contributed by atoms with Crippen LogP contribution in [0.4, 0.5) is 18.0 Å². The number of carbonyl (C=O) groups is 1. The van der Waals surface area contributed by atoms with Gasteiger partial charge < -0.3 is 15.3 Å². The molecule has 0 aliphatic rings. The molecule has 23 heavy (non-hydrogen) atoms. The van der Waals surface area contributed by atoms with Crippen molar-refractivity contribution in [3.05, 3.63) is 17.0 Å². The first kappa shape index (κ1) is 19.3. The summed E-state index contributed by atoms with van der Waals surface area (Å²) in [5.41, 5.74) is 1.37. The second-order valence-electron chi connectivity index (χ2n) is 5.76. The van der Waals surface area contributed by atoms with Gasteiger partial charge >= 0.3 is 12.2 Å². The number of aliphatic hydroxyl groups is 1. The first-order valence-electron chi connectivity index (χ1n) is 7.22. The van der Waals surface area contributed by atoms with Gasteiger partial charge in [0.25, 0.3) is 0 Å². The van der Waals surface area contributed by atoms with Crippen LogP contribution in [0.1, 0.15) is 36.8 Å². The number of carbonyl (C=O) groups excluding carboxylic acids is 1. The minimum Gasteiger partial charge on any atom is -0.392 e. The summed E-state index contributed by atoms with van der Waals surface area (Å²) in [5.74, 6) is 0. The largest absolute Gasteiger partial charge is 0.408 e. The molecule has 1 aromatic heterocycles. The number of nitrogens with one attached hydrogen (secondary N) is 1. The quantitative estimate of drug-likeness (QED) is 0.865. The third kappa shape index (κ3) is 5.42. The van der Waals surface area contributed by atoms with Crippen LogP contribution in [-0.4, -0.2) is 51.7 Å². The van der Waals surface area contributed by atoms with Gasteiger partial charge in [-0.3, -0.25) is 4.68 Å². The Morgan fingerprint density at radius 2 is 1.96 bits per heavy atom. The number of nitrogens with zero attached hydrogens (tertiary/aromatic N) is 3. The summed E-state index contributed by atoms with van der Waals surface area (Å²) in [6.07, 6.45) is -5.02. The van der Waals surface area contributed by atoms with Crippen molar-refractivity contribution in [3.63, 3.8) is 0 Å². The zero-order chi connectivity index (χ0) is 17.9. The molecule has 0 aliphatic heterocycles. The average molecular weight is 336 g/mol. The van der Waals surface area contributed by atoms with Crippen LogP contribution in [0.25, 0.3) is 0 Å². The van der Waals surface area contributed by atoms with Crippen molar-refractivity contribution < 1.29 is 23.1 Å². The van der Waals surface area contributed by atoms with E-state index in [-0.39, 0.29) is 6.54 Å². The summed E-state index contributed by atoms with van der Waals surface area (Å²) < 4.78 is 38.5. The van der Waals surface area contributed by atoms with E-state index in [1.165, 1.54) is 11.9 Å². The van der Waals surface area contributed by atoms with E-state index in [9.17, 15) is 23.1 Å². The molecule has 9 heteroatoms. The minimum absolute atomic E-state index is 0.157. The van der Waals surface area contributed by atoms with Gasteiger partial charge in [0.2, 0.25) is 0 Å². The number of aliphatic hydroxyl groups excluding tert-OH is 1. The Bertz CT molecular complexity index is 555. The van der Waals surface area contributed by atoms with Crippen molar-refractivity contribution in [2.24, 2.45) is 0 Å². The van der Waals surface area contributed by atoms with Crippen LogP contribution < -0.4 is 5.32 Å². The number of aryl methyl sites for hydroxylation is 1. The molecule has 2 N–H and O–H groups in total. The molecular formula is C14H23F3N4O2. The second kappa shape index (κ2) is 7.20. The predicted octanol–water partition coefficient (Wildman–Crippen LogP) is 2.15. The van der Waals surface area contributed by atoms with Gasteiger partial charge in [0, 0.05) is 24.8 Å². The number of alkyl halides is 3. The molecule has 6 nitrogen and oxygen atoms in total. The number of hydrogen-bond donors (Lipinski definition) is 2. The monoisotopic (exact) mass is 336 g/mol. The number of halogens is 3. The van der Waals surface area contributed by atoms with Crippen molar-refractivity contribution in [2.45, 2.75) is 52.6 Å². The molecule has 0 saturated heterocycles. The van der Waals surface area contributed by atoms with Crippen molar-refractivity contribution in [3.8, 4) is 0 Å². The van der Waals surface area contributed by atoms with Gasteiger partial charge in [0.1, 0.15) is 6.54 Å². The van der Waals surface area contributed by atoms with E-state index in [4.69, 9.17) is 0 Å². The first-order chi connectivity index (χ1) is 10.4. The Morgan fingerprint density at radius 1 is 1.39 bits per heavy atom. The molecule has 2 atom stereocenters. The van der Waals surface area contributed by atoms with Crippen LogP contribution in [-0.2, 0) is 6.54 Å². The van der Waals surface area contributed by atoms with E-state index in [2.05, 4.69) is 10.4 Å². The smallest absolute Gasteiger partial charge is 0.392 e. The first-order valence-corrected chi connectivity index (χ1v) is 7.22. The Labute approximate surface area is 133 Å². The molecule has 0 aliphatic carbocycles. The van der Waals surface area contributed by atoms with Crippen molar-refractivity contribution in [1.82, 2.24) is 20.0 Å². The van der Waals surface area contributed by atoms with Gasteiger partial charge in [-0.15, -0.1) is 0 Å². The number of rotatable bonds is 5. The summed E-state index contributed by atoms with van der Waals surface area (Å²) in [6, 6.07) is -0.915. The zero-order valence-corrected chi connectivity index (χ0v) is 13.9. The summed E-state index contributed by atoms with van der Waals surface area (Å²) >= 11 is 0. The maximum Gasteiger partial charge on any atom is 0.408 e. The van der Waals surface area contributed by atoms with Gasteiger partial charge in [-0.2, -0.15) is 18.3 Å². The summed E-state index contributed by atoms with van der Waals surface area (Å²) in [5, 5.41) is 15.9. The summed E-state index contributed by atoms with van der Waals surface area (Å²) in [6.45, 7) is 5.39. The lowest BCUT2D eigenvalue weighted by molar-refractivity contribution is -0.143. The van der Waals surface area contributed by atoms with Crippen molar-refractivity contribution >= 4 is 6.03 Å². The topological polar surface area (TPSA) is 70.4 Å². The molecule has 132 valence electrons. The van der Waals surface area contributed by atoms with Gasteiger partial charge in [-0.05, 0) is 27.7 Å². The molecular weight excluding hydrogens is 313 g/mol. The van der Waals surface area contributed by atoms with Gasteiger partial charge in [-0.1, -0.05) is 0 Å². The number of hydrogen-bond acceptors (Lipinski definition) is 3. The Kier molecular flexibility index (Phi) is 6.04. The lowest BCUT2D eigenvalue weighted by Crippen LogP contribution is -2.41. The molecule has 0 aromatic carbocycles. The molecule has 0 radical (unpaired) electrons. The van der Waals surface area contributed by atoms with Crippen LogP contribution in [0.15, 0.2) is 0 Å². The molecule has 0 bridgehead atoms. The lowest BCUT2D eigenvalue weighted by atomic mass is 10.1. The number of urea groups is 1. The fourth-order valence-corrected chi connectivity index (χ4v) is 2.51. The van der Waals surface area contributed by atoms with Crippen LogP contribution in [0, 0.1) is 13.8 Å². The lowest BCUT2D eigenvalue weighted by Gasteiger charge is -2.22. The van der Waals surface area contributed by atoms with Crippen molar-refractivity contribution in [2.75, 3.05) is 13.6 Å². The Balaban J connectivity index is 2.88. The second-order valence-corrected chi connectivity index (χ2v) is 5.76. The van der Waals surface area contributed by atoms with E-state index >= 15 is 0 Å². The minimum atomic E-state index is -4.36. The third-order valence-corrected chi connectivity index (χ3v) is 3.42. The van der Waals surface area contributed by atoms with Crippen LogP contribution in [0.3, 0.4) is 0 Å². The molecule has 0 spiro atoms. The van der Waals surface area contributed by atoms with Crippen LogP contribution in [0.5, 0.6) is 0 Å². The fraction of sp³-hybridized carbons (Fsp3) is 0.714. The molecule has 1 heterocycles. The predicted molar refractivity (Wildman–Crippen MR) is 79.0 cm³/mol. The molecule has 0 saturated carbocycles. The van der Waals surface area contributed by atoms with Crippen LogP contribution >= 0.6 is 0 Å². The summed E-state index contributed by atoms with van der Waals surface area (Å²) in [4.78, 5) is 13.3. The molecule has 0 unspecified atom stereocenters. The molecule has 2 amide bonds. The van der Waals surface area contributed by atoms with E-state index in [1.54, 1.807) is 27.7 Å². The highest BCUT2D eigenvalue weighted by molar-refractivity contribution is 5.74. The third-order valence-electron chi connectivity index (χ3n) is 3.42. The van der Waals surface area contributed by atoms with E-state index in [0.29, 0.717) is 17.0 Å². The van der Waals surface area contributed by atoms with E-state index < -0.39 is 30.9 Å². The fourth-order valence-electron chi connectivity index (χ4n) is 2.51. The molecule has 0 fully saturated rings. The number of aromatic nitrogens is 2. The highest BCUT2D eigenvalue weighted by Gasteiger charge is 2.31. The highest BCUT2D eigenvalue weighted by Crippen LogP contribution is 2.25. The van der Waals surface area contributed by atoms with Crippen LogP contribution in [0.2, 0.25) is 0 Å². The maximum absolute atomic E-state index is 12.5. The summed E-state index contributed by atoms with van der Waals surface area (Å²) in [7, 11) is 1.53. The SMILES string of the molecule is Cc1nn(CC(F)(F)F)c(C)c1[C@@H](C)NC(=O)N(C)C[C@H](C)O. The maximum atomic E-state index is 12.5. The Hall–Kier alpha value is -1.77. The van der Waals surface area contributed by atoms with E-state index in [0.717, 1.165) is 4.68 Å². The Morgan fingerprint density at radius 3 is 2.43 bits per heavy atom. The molecule has 1 rings (SSSR count). The normalized spacial score (nSPS) is 14.5. The molecule has 1 aromatic rings. The van der Waals surface area contributed by atoms with E-state index in [1.807, 2.05) is 0 Å².